The van der Waals surface area contributed by atoms with Crippen molar-refractivity contribution in [2.75, 3.05) is 13.2 Å². The van der Waals surface area contributed by atoms with Crippen LogP contribution in [0.4, 0.5) is 0 Å². The highest BCUT2D eigenvalue weighted by Crippen LogP contribution is 2.17. The first-order valence-corrected chi connectivity index (χ1v) is 6.85. The van der Waals surface area contributed by atoms with Gasteiger partial charge in [0.25, 0.3) is 0 Å². The summed E-state index contributed by atoms with van der Waals surface area (Å²) >= 11 is 0. The minimum atomic E-state index is 0.698. The first-order valence-electron chi connectivity index (χ1n) is 6.85. The van der Waals surface area contributed by atoms with Gasteiger partial charge in [-0.15, -0.1) is 0 Å². The Labute approximate surface area is 115 Å². The molecule has 2 aromatic rings. The molecule has 19 heavy (non-hydrogen) atoms. The average molecular weight is 255 g/mol. The topological polar surface area (TPSA) is 21.3 Å². The van der Waals surface area contributed by atoms with Crippen LogP contribution >= 0.6 is 0 Å². The van der Waals surface area contributed by atoms with Crippen LogP contribution in [0.2, 0.25) is 0 Å². The molecule has 0 radical (unpaired) electrons. The van der Waals surface area contributed by atoms with Crippen LogP contribution in [0.15, 0.2) is 54.6 Å². The quantitative estimate of drug-likeness (QED) is 0.765. The highest BCUT2D eigenvalue weighted by molar-refractivity contribution is 5.33. The van der Waals surface area contributed by atoms with Crippen molar-refractivity contribution in [3.8, 4) is 5.75 Å². The maximum absolute atomic E-state index is 5.80. The normalized spacial score (nSPS) is 10.4. The molecule has 0 atom stereocenters. The molecule has 0 amide bonds. The summed E-state index contributed by atoms with van der Waals surface area (Å²) in [7, 11) is 0. The highest BCUT2D eigenvalue weighted by Gasteiger charge is 1.99. The number of aryl methyl sites for hydroxylation is 1. The summed E-state index contributed by atoms with van der Waals surface area (Å²) in [5.74, 6) is 1.01. The number of para-hydroxylation sites is 1. The Kier molecular flexibility index (Phi) is 5.45. The van der Waals surface area contributed by atoms with E-state index in [-0.39, 0.29) is 0 Å². The predicted octanol–water partition coefficient (Wildman–Crippen LogP) is 3.42. The molecule has 0 bridgehead atoms. The largest absolute Gasteiger partial charge is 0.492 e. The van der Waals surface area contributed by atoms with Crippen LogP contribution < -0.4 is 10.1 Å². The van der Waals surface area contributed by atoms with Crippen LogP contribution in [0.3, 0.4) is 0 Å². The molecule has 0 fully saturated rings. The second kappa shape index (κ2) is 7.59. The minimum Gasteiger partial charge on any atom is -0.492 e. The number of rotatable bonds is 7. The molecule has 2 aromatic carbocycles. The van der Waals surface area contributed by atoms with Gasteiger partial charge in [-0.05, 0) is 23.6 Å². The van der Waals surface area contributed by atoms with Gasteiger partial charge < -0.3 is 10.1 Å². The van der Waals surface area contributed by atoms with Crippen molar-refractivity contribution in [1.82, 2.24) is 5.32 Å². The average Bonchev–Trinajstić information content (AvgIpc) is 2.48. The fourth-order valence-electron chi connectivity index (χ4n) is 2.00. The fourth-order valence-corrected chi connectivity index (χ4v) is 2.00. The van der Waals surface area contributed by atoms with Crippen molar-refractivity contribution in [2.24, 2.45) is 0 Å². The standard InChI is InChI=1S/C17H21NO/c1-2-16-10-6-7-11-17(16)19-13-12-18-14-15-8-4-3-5-9-15/h3-11,18H,2,12-14H2,1H3. The zero-order valence-electron chi connectivity index (χ0n) is 11.4. The molecular formula is C17H21NO. The summed E-state index contributed by atoms with van der Waals surface area (Å²) in [6, 6.07) is 18.6. The van der Waals surface area contributed by atoms with Gasteiger partial charge in [0.1, 0.15) is 12.4 Å². The molecule has 2 nitrogen and oxygen atoms in total. The second-order valence-corrected chi connectivity index (χ2v) is 4.47. The van der Waals surface area contributed by atoms with E-state index >= 15 is 0 Å². The molecule has 2 rings (SSSR count). The smallest absolute Gasteiger partial charge is 0.122 e. The van der Waals surface area contributed by atoms with Gasteiger partial charge in [-0.1, -0.05) is 55.5 Å². The lowest BCUT2D eigenvalue weighted by atomic mass is 10.1. The summed E-state index contributed by atoms with van der Waals surface area (Å²) in [6.07, 6.45) is 1.01. The van der Waals surface area contributed by atoms with E-state index in [4.69, 9.17) is 4.74 Å². The summed E-state index contributed by atoms with van der Waals surface area (Å²) in [5, 5.41) is 3.38. The van der Waals surface area contributed by atoms with E-state index in [1.807, 2.05) is 18.2 Å². The third-order valence-electron chi connectivity index (χ3n) is 3.06. The van der Waals surface area contributed by atoms with Gasteiger partial charge in [-0.2, -0.15) is 0 Å². The lowest BCUT2D eigenvalue weighted by Gasteiger charge is -2.10. The molecule has 0 aliphatic heterocycles. The van der Waals surface area contributed by atoms with Gasteiger partial charge >= 0.3 is 0 Å². The van der Waals surface area contributed by atoms with Crippen LogP contribution in [0.5, 0.6) is 5.75 Å². The number of nitrogens with one attached hydrogen (secondary N) is 1. The molecule has 0 aliphatic rings. The van der Waals surface area contributed by atoms with Gasteiger partial charge in [-0.25, -0.2) is 0 Å². The maximum atomic E-state index is 5.80. The number of hydrogen-bond donors (Lipinski definition) is 1. The Morgan fingerprint density at radius 3 is 2.47 bits per heavy atom. The Balaban J connectivity index is 1.69. The van der Waals surface area contributed by atoms with Crippen LogP contribution in [-0.4, -0.2) is 13.2 Å². The molecule has 0 saturated heterocycles. The van der Waals surface area contributed by atoms with Gasteiger partial charge in [-0.3, -0.25) is 0 Å². The highest BCUT2D eigenvalue weighted by atomic mass is 16.5. The van der Waals surface area contributed by atoms with Crippen molar-refractivity contribution in [3.05, 3.63) is 65.7 Å². The lowest BCUT2D eigenvalue weighted by molar-refractivity contribution is 0.311. The van der Waals surface area contributed by atoms with E-state index in [1.54, 1.807) is 0 Å². The fraction of sp³-hybridized carbons (Fsp3) is 0.294. The SMILES string of the molecule is CCc1ccccc1OCCNCc1ccccc1. The zero-order valence-corrected chi connectivity index (χ0v) is 11.4. The van der Waals surface area contributed by atoms with Gasteiger partial charge in [0.2, 0.25) is 0 Å². The number of benzene rings is 2. The van der Waals surface area contributed by atoms with E-state index < -0.39 is 0 Å². The van der Waals surface area contributed by atoms with E-state index in [0.717, 1.165) is 25.3 Å². The van der Waals surface area contributed by atoms with Crippen LogP contribution in [0.1, 0.15) is 18.1 Å². The van der Waals surface area contributed by atoms with Crippen LogP contribution in [0, 0.1) is 0 Å². The van der Waals surface area contributed by atoms with E-state index in [1.165, 1.54) is 11.1 Å². The van der Waals surface area contributed by atoms with Gasteiger partial charge in [0.05, 0.1) is 0 Å². The molecular weight excluding hydrogens is 234 g/mol. The van der Waals surface area contributed by atoms with E-state index in [9.17, 15) is 0 Å². The first-order chi connectivity index (χ1) is 9.40. The first kappa shape index (κ1) is 13.6. The van der Waals surface area contributed by atoms with Crippen molar-refractivity contribution in [1.29, 1.82) is 0 Å². The third-order valence-corrected chi connectivity index (χ3v) is 3.06. The van der Waals surface area contributed by atoms with E-state index in [2.05, 4.69) is 48.6 Å². The van der Waals surface area contributed by atoms with Crippen molar-refractivity contribution in [3.63, 3.8) is 0 Å². The van der Waals surface area contributed by atoms with Crippen molar-refractivity contribution in [2.45, 2.75) is 19.9 Å². The molecule has 100 valence electrons. The number of ether oxygens (including phenoxy) is 1. The maximum Gasteiger partial charge on any atom is 0.122 e. The summed E-state index contributed by atoms with van der Waals surface area (Å²) in [4.78, 5) is 0. The van der Waals surface area contributed by atoms with Crippen molar-refractivity contribution < 1.29 is 4.74 Å². The Bertz CT molecular complexity index is 482. The summed E-state index contributed by atoms with van der Waals surface area (Å²) < 4.78 is 5.80. The summed E-state index contributed by atoms with van der Waals surface area (Å²) in [5.41, 5.74) is 2.57. The Morgan fingerprint density at radius 2 is 1.68 bits per heavy atom. The van der Waals surface area contributed by atoms with Gasteiger partial charge in [0.15, 0.2) is 0 Å². The Morgan fingerprint density at radius 1 is 0.947 bits per heavy atom. The molecule has 0 heterocycles. The van der Waals surface area contributed by atoms with Crippen LogP contribution in [-0.2, 0) is 13.0 Å². The molecule has 2 heteroatoms. The van der Waals surface area contributed by atoms with Crippen LogP contribution in [0.25, 0.3) is 0 Å². The third kappa shape index (κ3) is 4.42. The minimum absolute atomic E-state index is 0.698. The molecule has 0 aromatic heterocycles. The monoisotopic (exact) mass is 255 g/mol. The molecule has 0 unspecified atom stereocenters. The predicted molar refractivity (Wildman–Crippen MR) is 79.5 cm³/mol. The second-order valence-electron chi connectivity index (χ2n) is 4.47. The van der Waals surface area contributed by atoms with Crippen molar-refractivity contribution >= 4 is 0 Å². The molecule has 0 aliphatic carbocycles. The van der Waals surface area contributed by atoms with E-state index in [0.29, 0.717) is 6.61 Å². The lowest BCUT2D eigenvalue weighted by Crippen LogP contribution is -2.20. The zero-order chi connectivity index (χ0) is 13.3. The molecule has 1 N–H and O–H groups in total. The van der Waals surface area contributed by atoms with Gasteiger partial charge in [0, 0.05) is 13.1 Å². The Hall–Kier alpha value is -1.80. The molecule has 0 spiro atoms. The number of hydrogen-bond acceptors (Lipinski definition) is 2. The summed E-state index contributed by atoms with van der Waals surface area (Å²) in [6.45, 7) is 4.59. The molecule has 0 saturated carbocycles.